The summed E-state index contributed by atoms with van der Waals surface area (Å²) in [7, 11) is 0. The Balaban J connectivity index is 1.54. The van der Waals surface area contributed by atoms with Crippen LogP contribution in [-0.4, -0.2) is 10.9 Å². The number of hydrogen-bond acceptors (Lipinski definition) is 4. The first kappa shape index (κ1) is 18.9. The molecule has 0 atom stereocenters. The molecule has 5 heteroatoms. The molecule has 2 aromatic carbocycles. The van der Waals surface area contributed by atoms with Gasteiger partial charge in [-0.05, 0) is 56.2 Å². The molecular weight excluding hydrogens is 356 g/mol. The molecule has 1 heterocycles. The average molecular weight is 378 g/mol. The Bertz CT molecular complexity index is 959. The van der Waals surface area contributed by atoms with Crippen molar-refractivity contribution >= 4 is 29.0 Å². The molecule has 4 nitrogen and oxygen atoms in total. The highest BCUT2D eigenvalue weighted by Gasteiger charge is 2.02. The van der Waals surface area contributed by atoms with E-state index in [1.54, 1.807) is 17.4 Å². The van der Waals surface area contributed by atoms with Crippen molar-refractivity contribution in [2.24, 2.45) is 0 Å². The molecule has 1 aromatic heterocycles. The molecule has 0 unspecified atom stereocenters. The SMILES string of the molecule is Cc1ccc(NC(=O)/C=C/c2ccc(OCc3csc(C)n3)cc2)c(C)c1. The Hall–Kier alpha value is -2.92. The second-order valence-electron chi connectivity index (χ2n) is 6.36. The van der Waals surface area contributed by atoms with Gasteiger partial charge in [-0.15, -0.1) is 11.3 Å². The highest BCUT2D eigenvalue weighted by Crippen LogP contribution is 2.18. The number of carbonyl (C=O) groups excluding carboxylic acids is 1. The van der Waals surface area contributed by atoms with E-state index in [-0.39, 0.29) is 5.91 Å². The summed E-state index contributed by atoms with van der Waals surface area (Å²) in [5, 5.41) is 5.94. The number of carbonyl (C=O) groups is 1. The van der Waals surface area contributed by atoms with Crippen LogP contribution in [0.2, 0.25) is 0 Å². The van der Waals surface area contributed by atoms with Crippen LogP contribution in [0.4, 0.5) is 5.69 Å². The van der Waals surface area contributed by atoms with E-state index in [4.69, 9.17) is 4.74 Å². The number of benzene rings is 2. The topological polar surface area (TPSA) is 51.2 Å². The van der Waals surface area contributed by atoms with Crippen LogP contribution >= 0.6 is 11.3 Å². The van der Waals surface area contributed by atoms with Gasteiger partial charge in [-0.2, -0.15) is 0 Å². The standard InChI is InChI=1S/C22H22N2O2S/c1-15-4-10-21(16(2)12-15)24-22(25)11-7-18-5-8-20(9-6-18)26-13-19-14-27-17(3)23-19/h4-12,14H,13H2,1-3H3,(H,24,25)/b11-7+. The molecule has 0 bridgehead atoms. The van der Waals surface area contributed by atoms with Crippen LogP contribution < -0.4 is 10.1 Å². The number of anilines is 1. The lowest BCUT2D eigenvalue weighted by atomic mass is 10.1. The highest BCUT2D eigenvalue weighted by atomic mass is 32.1. The zero-order chi connectivity index (χ0) is 19.2. The van der Waals surface area contributed by atoms with E-state index in [9.17, 15) is 4.79 Å². The third-order valence-electron chi connectivity index (χ3n) is 4.00. The van der Waals surface area contributed by atoms with Gasteiger partial charge in [0.25, 0.3) is 0 Å². The lowest BCUT2D eigenvalue weighted by molar-refractivity contribution is -0.111. The molecule has 0 fully saturated rings. The largest absolute Gasteiger partial charge is 0.487 e. The van der Waals surface area contributed by atoms with Crippen LogP contribution in [0.25, 0.3) is 6.08 Å². The van der Waals surface area contributed by atoms with Gasteiger partial charge < -0.3 is 10.1 Å². The fraction of sp³-hybridized carbons (Fsp3) is 0.182. The predicted molar refractivity (Wildman–Crippen MR) is 111 cm³/mol. The maximum Gasteiger partial charge on any atom is 0.248 e. The lowest BCUT2D eigenvalue weighted by Crippen LogP contribution is -2.08. The van der Waals surface area contributed by atoms with Crippen molar-refractivity contribution in [3.8, 4) is 5.75 Å². The molecule has 0 spiro atoms. The first-order chi connectivity index (χ1) is 13.0. The summed E-state index contributed by atoms with van der Waals surface area (Å²) in [6.45, 7) is 6.45. The van der Waals surface area contributed by atoms with E-state index < -0.39 is 0 Å². The third kappa shape index (κ3) is 5.53. The fourth-order valence-electron chi connectivity index (χ4n) is 2.61. The van der Waals surface area contributed by atoms with Crippen molar-refractivity contribution in [1.29, 1.82) is 0 Å². The Morgan fingerprint density at radius 3 is 2.59 bits per heavy atom. The number of rotatable bonds is 6. The van der Waals surface area contributed by atoms with Crippen molar-refractivity contribution in [3.05, 3.63) is 81.3 Å². The zero-order valence-electron chi connectivity index (χ0n) is 15.7. The summed E-state index contributed by atoms with van der Waals surface area (Å²) in [4.78, 5) is 16.5. The van der Waals surface area contributed by atoms with Crippen molar-refractivity contribution in [1.82, 2.24) is 4.98 Å². The molecule has 138 valence electrons. The summed E-state index contributed by atoms with van der Waals surface area (Å²) < 4.78 is 5.73. The van der Waals surface area contributed by atoms with Gasteiger partial charge in [0.2, 0.25) is 5.91 Å². The monoisotopic (exact) mass is 378 g/mol. The number of thiazole rings is 1. The molecule has 3 aromatic rings. The number of ether oxygens (including phenoxy) is 1. The smallest absolute Gasteiger partial charge is 0.248 e. The molecule has 1 amide bonds. The molecule has 1 N–H and O–H groups in total. The van der Waals surface area contributed by atoms with Gasteiger partial charge >= 0.3 is 0 Å². The van der Waals surface area contributed by atoms with Gasteiger partial charge in [0, 0.05) is 17.1 Å². The summed E-state index contributed by atoms with van der Waals surface area (Å²) in [5.41, 5.74) is 4.92. The van der Waals surface area contributed by atoms with Crippen molar-refractivity contribution in [3.63, 3.8) is 0 Å². The van der Waals surface area contributed by atoms with Crippen LogP contribution in [0, 0.1) is 20.8 Å². The summed E-state index contributed by atoms with van der Waals surface area (Å²) in [6.07, 6.45) is 3.32. The quantitative estimate of drug-likeness (QED) is 0.592. The molecule has 0 aliphatic carbocycles. The Kier molecular flexibility index (Phi) is 6.04. The van der Waals surface area contributed by atoms with E-state index in [0.29, 0.717) is 6.61 Å². The first-order valence-electron chi connectivity index (χ1n) is 8.70. The molecule has 0 saturated heterocycles. The van der Waals surface area contributed by atoms with Gasteiger partial charge in [0.1, 0.15) is 12.4 Å². The molecule has 0 aliphatic rings. The minimum absolute atomic E-state index is 0.152. The van der Waals surface area contributed by atoms with Gasteiger partial charge in [0.15, 0.2) is 0 Å². The van der Waals surface area contributed by atoms with E-state index >= 15 is 0 Å². The number of amides is 1. The van der Waals surface area contributed by atoms with Crippen LogP contribution in [-0.2, 0) is 11.4 Å². The van der Waals surface area contributed by atoms with E-state index in [0.717, 1.165) is 33.3 Å². The van der Waals surface area contributed by atoms with Crippen molar-refractivity contribution in [2.45, 2.75) is 27.4 Å². The van der Waals surface area contributed by atoms with Gasteiger partial charge in [-0.1, -0.05) is 29.8 Å². The number of hydrogen-bond donors (Lipinski definition) is 1. The molecule has 3 rings (SSSR count). The van der Waals surface area contributed by atoms with E-state index in [2.05, 4.69) is 10.3 Å². The highest BCUT2D eigenvalue weighted by molar-refractivity contribution is 7.09. The number of nitrogens with zero attached hydrogens (tertiary/aromatic N) is 1. The second-order valence-corrected chi connectivity index (χ2v) is 7.42. The van der Waals surface area contributed by atoms with Crippen LogP contribution in [0.1, 0.15) is 27.4 Å². The van der Waals surface area contributed by atoms with Crippen molar-refractivity contribution < 1.29 is 9.53 Å². The Labute approximate surface area is 163 Å². The summed E-state index contributed by atoms with van der Waals surface area (Å²) in [5.74, 6) is 0.624. The fourth-order valence-corrected chi connectivity index (χ4v) is 3.20. The number of aromatic nitrogens is 1. The van der Waals surface area contributed by atoms with Crippen molar-refractivity contribution in [2.75, 3.05) is 5.32 Å². The van der Waals surface area contributed by atoms with Crippen LogP contribution in [0.15, 0.2) is 53.9 Å². The van der Waals surface area contributed by atoms with Crippen LogP contribution in [0.5, 0.6) is 5.75 Å². The maximum atomic E-state index is 12.1. The Morgan fingerprint density at radius 2 is 1.93 bits per heavy atom. The first-order valence-corrected chi connectivity index (χ1v) is 9.58. The molecule has 0 radical (unpaired) electrons. The normalized spacial score (nSPS) is 10.9. The third-order valence-corrected chi connectivity index (χ3v) is 4.82. The number of nitrogens with one attached hydrogen (secondary N) is 1. The molecule has 27 heavy (non-hydrogen) atoms. The molecule has 0 saturated carbocycles. The molecular formula is C22H22N2O2S. The lowest BCUT2D eigenvalue weighted by Gasteiger charge is -2.07. The van der Waals surface area contributed by atoms with Gasteiger partial charge in [0.05, 0.1) is 10.7 Å². The van der Waals surface area contributed by atoms with Crippen LogP contribution in [0.3, 0.4) is 0 Å². The summed E-state index contributed by atoms with van der Waals surface area (Å²) in [6, 6.07) is 13.6. The van der Waals surface area contributed by atoms with Gasteiger partial charge in [-0.25, -0.2) is 4.98 Å². The summed E-state index contributed by atoms with van der Waals surface area (Å²) >= 11 is 1.62. The zero-order valence-corrected chi connectivity index (χ0v) is 16.5. The maximum absolute atomic E-state index is 12.1. The second kappa shape index (κ2) is 8.64. The molecule has 0 aliphatic heterocycles. The predicted octanol–water partition coefficient (Wildman–Crippen LogP) is 5.30. The van der Waals surface area contributed by atoms with E-state index in [1.165, 1.54) is 11.6 Å². The minimum atomic E-state index is -0.152. The average Bonchev–Trinajstić information content (AvgIpc) is 3.07. The number of aryl methyl sites for hydroxylation is 3. The van der Waals surface area contributed by atoms with Gasteiger partial charge in [-0.3, -0.25) is 4.79 Å². The Morgan fingerprint density at radius 1 is 1.15 bits per heavy atom. The van der Waals surface area contributed by atoms with E-state index in [1.807, 2.05) is 68.6 Å². The minimum Gasteiger partial charge on any atom is -0.487 e.